The van der Waals surface area contributed by atoms with Gasteiger partial charge in [0.25, 0.3) is 0 Å². The van der Waals surface area contributed by atoms with Crippen molar-refractivity contribution < 1.29 is 0 Å². The van der Waals surface area contributed by atoms with Gasteiger partial charge >= 0.3 is 0 Å². The lowest BCUT2D eigenvalue weighted by molar-refractivity contribution is 0.751. The molecule has 1 atom stereocenters. The molecule has 0 aliphatic carbocycles. The first kappa shape index (κ1) is 14.8. The number of thiazole rings is 1. The highest BCUT2D eigenvalue weighted by molar-refractivity contribution is 7.98. The van der Waals surface area contributed by atoms with Crippen molar-refractivity contribution in [2.45, 2.75) is 39.3 Å². The number of anilines is 1. The number of rotatable bonds is 6. The summed E-state index contributed by atoms with van der Waals surface area (Å²) < 4.78 is 0. The lowest BCUT2D eigenvalue weighted by atomic mass is 10.1. The number of nitrogens with zero attached hydrogens (tertiary/aromatic N) is 2. The first-order valence-corrected chi connectivity index (χ1v) is 8.13. The van der Waals surface area contributed by atoms with Gasteiger partial charge in [0.2, 0.25) is 0 Å². The van der Waals surface area contributed by atoms with Gasteiger partial charge in [0.15, 0.2) is 5.13 Å². The monoisotopic (exact) mass is 273 g/mol. The van der Waals surface area contributed by atoms with E-state index in [-0.39, 0.29) is 0 Å². The summed E-state index contributed by atoms with van der Waals surface area (Å²) >= 11 is 3.60. The third-order valence-corrected chi connectivity index (χ3v) is 4.82. The molecule has 0 aliphatic heterocycles. The lowest BCUT2D eigenvalue weighted by Gasteiger charge is -2.23. The van der Waals surface area contributed by atoms with Crippen LogP contribution in [0.15, 0.2) is 0 Å². The van der Waals surface area contributed by atoms with E-state index in [4.69, 9.17) is 10.7 Å². The maximum atomic E-state index is 5.78. The zero-order chi connectivity index (χ0) is 13.0. The molecular formula is C12H23N3S2. The Morgan fingerprint density at radius 1 is 1.41 bits per heavy atom. The van der Waals surface area contributed by atoms with Gasteiger partial charge < -0.3 is 10.6 Å². The summed E-state index contributed by atoms with van der Waals surface area (Å²) in [5, 5.41) is 1.09. The van der Waals surface area contributed by atoms with E-state index in [0.29, 0.717) is 18.5 Å². The molecule has 1 unspecified atom stereocenters. The SMILES string of the molecule is CSCC(C)N(C)c1nc(C(C)C)c(CN)s1. The molecule has 0 spiro atoms. The fourth-order valence-electron chi connectivity index (χ4n) is 1.64. The van der Waals surface area contributed by atoms with Gasteiger partial charge in [0.05, 0.1) is 5.69 Å². The van der Waals surface area contributed by atoms with Gasteiger partial charge in [-0.1, -0.05) is 13.8 Å². The molecule has 0 saturated carbocycles. The Kier molecular flexibility index (Phi) is 5.76. The molecule has 0 aromatic carbocycles. The van der Waals surface area contributed by atoms with E-state index in [1.165, 1.54) is 4.88 Å². The molecule has 3 nitrogen and oxygen atoms in total. The summed E-state index contributed by atoms with van der Waals surface area (Å²) in [6, 6.07) is 0.502. The lowest BCUT2D eigenvalue weighted by Crippen LogP contribution is -2.30. The number of thioether (sulfide) groups is 1. The molecule has 2 N–H and O–H groups in total. The van der Waals surface area contributed by atoms with Crippen LogP contribution in [0, 0.1) is 0 Å². The van der Waals surface area contributed by atoms with Gasteiger partial charge in [-0.05, 0) is 19.1 Å². The molecule has 0 bridgehead atoms. The van der Waals surface area contributed by atoms with Crippen LogP contribution >= 0.6 is 23.1 Å². The largest absolute Gasteiger partial charge is 0.348 e. The quantitative estimate of drug-likeness (QED) is 0.865. The summed E-state index contributed by atoms with van der Waals surface area (Å²) in [6.45, 7) is 7.16. The molecule has 0 radical (unpaired) electrons. The van der Waals surface area contributed by atoms with Crippen LogP contribution in [0.3, 0.4) is 0 Å². The highest BCUT2D eigenvalue weighted by Crippen LogP contribution is 2.30. The molecular weight excluding hydrogens is 250 g/mol. The predicted octanol–water partition coefficient (Wildman–Crippen LogP) is 2.91. The summed E-state index contributed by atoms with van der Waals surface area (Å²) in [4.78, 5) is 8.22. The van der Waals surface area contributed by atoms with Crippen molar-refractivity contribution in [2.24, 2.45) is 5.73 Å². The highest BCUT2D eigenvalue weighted by Gasteiger charge is 2.18. The van der Waals surface area contributed by atoms with Crippen LogP contribution in [0.5, 0.6) is 0 Å². The molecule has 0 fully saturated rings. The maximum Gasteiger partial charge on any atom is 0.185 e. The van der Waals surface area contributed by atoms with Crippen LogP contribution < -0.4 is 10.6 Å². The minimum Gasteiger partial charge on any atom is -0.348 e. The summed E-state index contributed by atoms with van der Waals surface area (Å²) in [7, 11) is 2.12. The minimum atomic E-state index is 0.447. The Balaban J connectivity index is 2.91. The Morgan fingerprint density at radius 3 is 2.47 bits per heavy atom. The molecule has 1 aromatic heterocycles. The fourth-order valence-corrected chi connectivity index (χ4v) is 3.50. The van der Waals surface area contributed by atoms with Crippen molar-refractivity contribution in [3.63, 3.8) is 0 Å². The predicted molar refractivity (Wildman–Crippen MR) is 80.3 cm³/mol. The van der Waals surface area contributed by atoms with Gasteiger partial charge in [0.1, 0.15) is 0 Å². The van der Waals surface area contributed by atoms with E-state index in [0.717, 1.165) is 16.6 Å². The van der Waals surface area contributed by atoms with Crippen molar-refractivity contribution >= 4 is 28.2 Å². The van der Waals surface area contributed by atoms with Crippen molar-refractivity contribution in [3.05, 3.63) is 10.6 Å². The topological polar surface area (TPSA) is 42.2 Å². The van der Waals surface area contributed by atoms with Gasteiger partial charge in [-0.15, -0.1) is 11.3 Å². The van der Waals surface area contributed by atoms with Crippen molar-refractivity contribution in [1.29, 1.82) is 0 Å². The van der Waals surface area contributed by atoms with Crippen LogP contribution in [0.25, 0.3) is 0 Å². The molecule has 98 valence electrons. The highest BCUT2D eigenvalue weighted by atomic mass is 32.2. The fraction of sp³-hybridized carbons (Fsp3) is 0.750. The third-order valence-electron chi connectivity index (χ3n) is 2.82. The Hall–Kier alpha value is -0.260. The molecule has 5 heteroatoms. The Morgan fingerprint density at radius 2 is 2.06 bits per heavy atom. The Bertz CT molecular complexity index is 350. The van der Waals surface area contributed by atoms with Crippen LogP contribution in [0.1, 0.15) is 37.3 Å². The van der Waals surface area contributed by atoms with Crippen LogP contribution in [-0.2, 0) is 6.54 Å². The number of hydrogen-bond acceptors (Lipinski definition) is 5. The standard InChI is InChI=1S/C12H23N3S2/c1-8(2)11-10(6-13)17-12(14-11)15(4)9(3)7-16-5/h8-9H,6-7,13H2,1-5H3. The third kappa shape index (κ3) is 3.60. The van der Waals surface area contributed by atoms with E-state index < -0.39 is 0 Å². The molecule has 0 amide bonds. The van der Waals surface area contributed by atoms with Crippen molar-refractivity contribution in [1.82, 2.24) is 4.98 Å². The van der Waals surface area contributed by atoms with E-state index in [1.807, 2.05) is 11.8 Å². The van der Waals surface area contributed by atoms with Gasteiger partial charge in [-0.2, -0.15) is 11.8 Å². The zero-order valence-corrected chi connectivity index (χ0v) is 13.0. The van der Waals surface area contributed by atoms with Gasteiger partial charge in [-0.3, -0.25) is 0 Å². The molecule has 1 rings (SSSR count). The molecule has 1 heterocycles. The second kappa shape index (κ2) is 6.61. The van der Waals surface area contributed by atoms with Gasteiger partial charge in [0, 0.05) is 30.3 Å². The van der Waals surface area contributed by atoms with E-state index in [1.54, 1.807) is 11.3 Å². The smallest absolute Gasteiger partial charge is 0.185 e. The molecule has 1 aromatic rings. The van der Waals surface area contributed by atoms with Crippen LogP contribution in [0.4, 0.5) is 5.13 Å². The van der Waals surface area contributed by atoms with Crippen LogP contribution in [0.2, 0.25) is 0 Å². The van der Waals surface area contributed by atoms with E-state index in [2.05, 4.69) is 39.0 Å². The number of nitrogens with two attached hydrogens (primary N) is 1. The van der Waals surface area contributed by atoms with E-state index >= 15 is 0 Å². The summed E-state index contributed by atoms with van der Waals surface area (Å²) in [5.74, 6) is 1.56. The summed E-state index contributed by atoms with van der Waals surface area (Å²) in [6.07, 6.45) is 2.14. The molecule has 17 heavy (non-hydrogen) atoms. The second-order valence-electron chi connectivity index (χ2n) is 4.58. The van der Waals surface area contributed by atoms with Crippen LogP contribution in [-0.4, -0.2) is 30.1 Å². The van der Waals surface area contributed by atoms with Gasteiger partial charge in [-0.25, -0.2) is 4.98 Å². The first-order valence-electron chi connectivity index (χ1n) is 5.92. The minimum absolute atomic E-state index is 0.447. The molecule has 0 aliphatic rings. The summed E-state index contributed by atoms with van der Waals surface area (Å²) in [5.41, 5.74) is 6.95. The first-order chi connectivity index (χ1) is 8.01. The zero-order valence-electron chi connectivity index (χ0n) is 11.4. The van der Waals surface area contributed by atoms with E-state index in [9.17, 15) is 0 Å². The average Bonchev–Trinajstić information content (AvgIpc) is 2.72. The maximum absolute atomic E-state index is 5.78. The second-order valence-corrected chi connectivity index (χ2v) is 6.55. The van der Waals surface area contributed by atoms with Crippen molar-refractivity contribution in [3.8, 4) is 0 Å². The average molecular weight is 273 g/mol. The Labute approximate surface area is 113 Å². The normalized spacial score (nSPS) is 13.1. The van der Waals surface area contributed by atoms with Crippen molar-refractivity contribution in [2.75, 3.05) is 24.0 Å². The number of aromatic nitrogens is 1. The number of hydrogen-bond donors (Lipinski definition) is 1. The molecule has 0 saturated heterocycles.